The molecule has 1 amide bonds. The molecule has 0 unspecified atom stereocenters. The number of carbonyl (C=O) groups excluding carboxylic acids is 2. The lowest BCUT2D eigenvalue weighted by Crippen LogP contribution is -2.26. The summed E-state index contributed by atoms with van der Waals surface area (Å²) in [5, 5.41) is 12.3. The van der Waals surface area contributed by atoms with Crippen LogP contribution in [0.25, 0.3) is 33.0 Å². The summed E-state index contributed by atoms with van der Waals surface area (Å²) in [6.45, 7) is 9.37. The number of hydrogen-bond donors (Lipinski definition) is 3. The number of nitrogens with zero attached hydrogens (tertiary/aromatic N) is 3. The lowest BCUT2D eigenvalue weighted by Gasteiger charge is -2.28. The number of primary amides is 1. The predicted octanol–water partition coefficient (Wildman–Crippen LogP) is 7.91. The zero-order valence-corrected chi connectivity index (χ0v) is 29.8. The molecule has 0 aliphatic heterocycles. The van der Waals surface area contributed by atoms with Gasteiger partial charge in [0.05, 0.1) is 12.8 Å². The highest BCUT2D eigenvalue weighted by Crippen LogP contribution is 2.42. The molecule has 51 heavy (non-hydrogen) atoms. The number of nitrogens with one attached hydrogen (secondary N) is 1. The van der Waals surface area contributed by atoms with Gasteiger partial charge in [-0.15, -0.1) is 0 Å². The second-order valence-corrected chi connectivity index (χ2v) is 12.6. The number of ether oxygens (including phenoxy) is 1. The number of fused-ring (bicyclic) bond motifs is 1. The fourth-order valence-electron chi connectivity index (χ4n) is 5.94. The topological polar surface area (TPSA) is 131 Å². The summed E-state index contributed by atoms with van der Waals surface area (Å²) in [5.74, 6) is 0.857. The SMILES string of the molecule is C=O.CO.COc1ccc(CN(Cc2ccccc2)c2nc(C(N)=O)c(-c3cncc(NC(C)(C)C)c3)c3cccc(-c4ccccc4)c23)cc1. The highest BCUT2D eigenvalue weighted by molar-refractivity contribution is 6.15. The zero-order valence-electron chi connectivity index (χ0n) is 29.8. The quantitative estimate of drug-likeness (QED) is 0.133. The first-order chi connectivity index (χ1) is 24.7. The minimum absolute atomic E-state index is 0.184. The summed E-state index contributed by atoms with van der Waals surface area (Å²) in [6, 6.07) is 36.8. The van der Waals surface area contributed by atoms with Gasteiger partial charge in [-0.2, -0.15) is 0 Å². The molecule has 9 heteroatoms. The van der Waals surface area contributed by atoms with Gasteiger partial charge in [-0.3, -0.25) is 9.78 Å². The van der Waals surface area contributed by atoms with Crippen LogP contribution in [0.15, 0.2) is 122 Å². The molecule has 6 aromatic rings. The number of aromatic nitrogens is 2. The monoisotopic (exact) mass is 683 g/mol. The van der Waals surface area contributed by atoms with Crippen LogP contribution in [0.1, 0.15) is 42.4 Å². The summed E-state index contributed by atoms with van der Waals surface area (Å²) in [4.78, 5) is 33.3. The Kier molecular flexibility index (Phi) is 13.0. The number of methoxy groups -OCH3 is 1. The highest BCUT2D eigenvalue weighted by Gasteiger charge is 2.25. The van der Waals surface area contributed by atoms with E-state index in [1.54, 1.807) is 19.5 Å². The summed E-state index contributed by atoms with van der Waals surface area (Å²) in [6.07, 6.45) is 3.55. The van der Waals surface area contributed by atoms with Crippen molar-refractivity contribution in [3.05, 3.63) is 138 Å². The second kappa shape index (κ2) is 17.6. The van der Waals surface area contributed by atoms with Crippen molar-refractivity contribution in [2.45, 2.75) is 39.4 Å². The Morgan fingerprint density at radius 2 is 1.43 bits per heavy atom. The molecule has 0 aliphatic carbocycles. The molecule has 4 aromatic carbocycles. The van der Waals surface area contributed by atoms with Crippen LogP contribution in [-0.4, -0.2) is 47.5 Å². The molecule has 262 valence electrons. The molecule has 2 heterocycles. The third-order valence-corrected chi connectivity index (χ3v) is 7.92. The normalized spacial score (nSPS) is 10.6. The molecule has 4 N–H and O–H groups in total. The Hall–Kier alpha value is -6.06. The smallest absolute Gasteiger partial charge is 0.268 e. The van der Waals surface area contributed by atoms with Crippen LogP contribution in [0, 0.1) is 0 Å². The molecule has 0 fully saturated rings. The number of nitrogens with two attached hydrogens (primary N) is 1. The summed E-state index contributed by atoms with van der Waals surface area (Å²) >= 11 is 0. The van der Waals surface area contributed by atoms with Crippen molar-refractivity contribution in [2.24, 2.45) is 5.73 Å². The molecule has 0 saturated heterocycles. The van der Waals surface area contributed by atoms with Crippen LogP contribution in [0.5, 0.6) is 5.75 Å². The number of rotatable bonds is 10. The Balaban J connectivity index is 0.00000141. The molecule has 0 bridgehead atoms. The first-order valence-corrected chi connectivity index (χ1v) is 16.4. The Morgan fingerprint density at radius 3 is 2.02 bits per heavy atom. The van der Waals surface area contributed by atoms with E-state index < -0.39 is 5.91 Å². The van der Waals surface area contributed by atoms with E-state index in [2.05, 4.69) is 78.4 Å². The molecule has 0 spiro atoms. The van der Waals surface area contributed by atoms with Crippen molar-refractivity contribution in [2.75, 3.05) is 24.4 Å². The molecule has 0 aliphatic rings. The van der Waals surface area contributed by atoms with Crippen LogP contribution in [0.2, 0.25) is 0 Å². The molecule has 6 rings (SSSR count). The van der Waals surface area contributed by atoms with Gasteiger partial charge in [0.15, 0.2) is 0 Å². The number of pyridine rings is 2. The Labute approximate surface area is 299 Å². The molecular formula is C42H45N5O4. The number of amides is 1. The van der Waals surface area contributed by atoms with Gasteiger partial charge < -0.3 is 30.6 Å². The second-order valence-electron chi connectivity index (χ2n) is 12.6. The van der Waals surface area contributed by atoms with E-state index in [4.69, 9.17) is 25.4 Å². The van der Waals surface area contributed by atoms with E-state index in [0.717, 1.165) is 57.1 Å². The van der Waals surface area contributed by atoms with E-state index >= 15 is 0 Å². The van der Waals surface area contributed by atoms with Gasteiger partial charge in [-0.25, -0.2) is 4.98 Å². The van der Waals surface area contributed by atoms with E-state index in [1.807, 2.05) is 73.5 Å². The lowest BCUT2D eigenvalue weighted by atomic mass is 9.92. The van der Waals surface area contributed by atoms with Crippen molar-refractivity contribution in [1.82, 2.24) is 9.97 Å². The van der Waals surface area contributed by atoms with Crippen molar-refractivity contribution < 1.29 is 19.4 Å². The molecule has 9 nitrogen and oxygen atoms in total. The van der Waals surface area contributed by atoms with Crippen LogP contribution in [-0.2, 0) is 17.9 Å². The van der Waals surface area contributed by atoms with Crippen LogP contribution in [0.4, 0.5) is 11.5 Å². The van der Waals surface area contributed by atoms with Gasteiger partial charge in [0.1, 0.15) is 24.1 Å². The van der Waals surface area contributed by atoms with Crippen molar-refractivity contribution in [3.8, 4) is 28.0 Å². The van der Waals surface area contributed by atoms with Crippen LogP contribution < -0.4 is 20.7 Å². The number of benzene rings is 4. The van der Waals surface area contributed by atoms with Gasteiger partial charge in [0.2, 0.25) is 0 Å². The minimum atomic E-state index is -0.605. The van der Waals surface area contributed by atoms with Crippen LogP contribution in [0.3, 0.4) is 0 Å². The highest BCUT2D eigenvalue weighted by atomic mass is 16.5. The number of aliphatic hydroxyl groups is 1. The van der Waals surface area contributed by atoms with Crippen LogP contribution >= 0.6 is 0 Å². The molecular weight excluding hydrogens is 638 g/mol. The third kappa shape index (κ3) is 9.35. The van der Waals surface area contributed by atoms with E-state index in [1.165, 1.54) is 0 Å². The number of anilines is 2. The zero-order chi connectivity index (χ0) is 37.0. The van der Waals surface area contributed by atoms with Gasteiger partial charge in [-0.05, 0) is 66.6 Å². The Morgan fingerprint density at radius 1 is 0.824 bits per heavy atom. The minimum Gasteiger partial charge on any atom is -0.497 e. The average Bonchev–Trinajstić information content (AvgIpc) is 3.15. The summed E-state index contributed by atoms with van der Waals surface area (Å²) in [5.41, 5.74) is 12.7. The van der Waals surface area contributed by atoms with Gasteiger partial charge in [-0.1, -0.05) is 91.0 Å². The maximum absolute atomic E-state index is 13.4. The van der Waals surface area contributed by atoms with Crippen molar-refractivity contribution in [1.29, 1.82) is 0 Å². The lowest BCUT2D eigenvalue weighted by molar-refractivity contribution is -0.0980. The van der Waals surface area contributed by atoms with E-state index in [9.17, 15) is 4.79 Å². The third-order valence-electron chi connectivity index (χ3n) is 7.92. The van der Waals surface area contributed by atoms with Gasteiger partial charge >= 0.3 is 0 Å². The van der Waals surface area contributed by atoms with Gasteiger partial charge in [0.25, 0.3) is 5.91 Å². The fourth-order valence-corrected chi connectivity index (χ4v) is 5.94. The van der Waals surface area contributed by atoms with E-state index in [0.29, 0.717) is 24.5 Å². The number of hydrogen-bond acceptors (Lipinski definition) is 8. The maximum atomic E-state index is 13.4. The fraction of sp³-hybridized carbons (Fsp3) is 0.190. The molecule has 0 radical (unpaired) electrons. The first-order valence-electron chi connectivity index (χ1n) is 16.4. The predicted molar refractivity (Wildman–Crippen MR) is 207 cm³/mol. The average molecular weight is 684 g/mol. The van der Waals surface area contributed by atoms with E-state index in [-0.39, 0.29) is 11.2 Å². The van der Waals surface area contributed by atoms with Gasteiger partial charge in [0, 0.05) is 54.6 Å². The summed E-state index contributed by atoms with van der Waals surface area (Å²) < 4.78 is 5.42. The number of aliphatic hydroxyl groups excluding tert-OH is 1. The standard InChI is InChI=1S/C40H39N5O2.CH4O.CH2O/c1-40(2,3)44-31-22-30(23-42-24-31)35-34-17-11-16-33(29-14-9-6-10-15-29)36(34)39(43-37(35)38(41)46)45(25-27-12-7-5-8-13-27)26-28-18-20-32(47-4)21-19-28;2*1-2/h5-24,44H,25-26H2,1-4H3,(H2,41,46);2H,1H3;1H2. The number of carbonyl (C=O) groups is 2. The maximum Gasteiger partial charge on any atom is 0.268 e. The van der Waals surface area contributed by atoms with Crippen molar-refractivity contribution >= 4 is 35.0 Å². The first kappa shape index (κ1) is 37.8. The Bertz CT molecular complexity index is 2030. The van der Waals surface area contributed by atoms with Crippen molar-refractivity contribution in [3.63, 3.8) is 0 Å². The molecule has 2 aromatic heterocycles. The summed E-state index contributed by atoms with van der Waals surface area (Å²) in [7, 11) is 2.66. The largest absolute Gasteiger partial charge is 0.497 e. The molecule has 0 saturated carbocycles. The molecule has 0 atom stereocenters.